The molecule has 2 aromatic heterocycles. The quantitative estimate of drug-likeness (QED) is 0.501. The fraction of sp³-hybridized carbons (Fsp3) is 0.100. The van der Waals surface area contributed by atoms with Crippen molar-refractivity contribution < 1.29 is 4.79 Å². The predicted molar refractivity (Wildman–Crippen MR) is 108 cm³/mol. The average Bonchev–Trinajstić information content (AvgIpc) is 3.19. The van der Waals surface area contributed by atoms with Crippen LogP contribution < -0.4 is 5.32 Å². The molecule has 130 valence electrons. The summed E-state index contributed by atoms with van der Waals surface area (Å²) < 4.78 is 1.88. The zero-order valence-corrected chi connectivity index (χ0v) is 15.9. The third-order valence-corrected chi connectivity index (χ3v) is 5.56. The zero-order chi connectivity index (χ0) is 18.3. The summed E-state index contributed by atoms with van der Waals surface area (Å²) in [6.07, 6.45) is 0. The molecule has 0 aliphatic carbocycles. The number of nitrogens with zero attached hydrogens (tertiary/aromatic N) is 2. The van der Waals surface area contributed by atoms with Crippen LogP contribution in [0.3, 0.4) is 0 Å². The molecular weight excluding hydrogens is 366 g/mol. The maximum Gasteiger partial charge on any atom is 0.265 e. The van der Waals surface area contributed by atoms with Crippen molar-refractivity contribution in [1.82, 2.24) is 9.78 Å². The van der Waals surface area contributed by atoms with E-state index < -0.39 is 0 Å². The largest absolute Gasteiger partial charge is 0.320 e. The van der Waals surface area contributed by atoms with Gasteiger partial charge in [-0.1, -0.05) is 35.9 Å². The van der Waals surface area contributed by atoms with E-state index in [9.17, 15) is 4.79 Å². The van der Waals surface area contributed by atoms with E-state index >= 15 is 0 Å². The monoisotopic (exact) mass is 381 g/mol. The molecule has 1 N–H and O–H groups in total. The summed E-state index contributed by atoms with van der Waals surface area (Å²) in [5.74, 6) is -0.170. The van der Waals surface area contributed by atoms with Gasteiger partial charge < -0.3 is 5.32 Å². The summed E-state index contributed by atoms with van der Waals surface area (Å²) in [4.78, 5) is 14.3. The molecule has 2 heterocycles. The molecule has 0 aliphatic heterocycles. The number of carbonyl (C=O) groups is 1. The predicted octanol–water partition coefficient (Wildman–Crippen LogP) is 5.61. The summed E-state index contributed by atoms with van der Waals surface area (Å²) in [5.41, 5.74) is 3.53. The normalized spacial score (nSPS) is 11.0. The molecule has 0 fully saturated rings. The highest BCUT2D eigenvalue weighted by molar-refractivity contribution is 7.20. The van der Waals surface area contributed by atoms with Crippen LogP contribution in [0.25, 0.3) is 15.9 Å². The lowest BCUT2D eigenvalue weighted by molar-refractivity contribution is 0.103. The molecule has 6 heteroatoms. The highest BCUT2D eigenvalue weighted by Crippen LogP contribution is 2.31. The van der Waals surface area contributed by atoms with E-state index in [4.69, 9.17) is 11.6 Å². The van der Waals surface area contributed by atoms with Crippen LogP contribution in [0.5, 0.6) is 0 Å². The number of hydrogen-bond donors (Lipinski definition) is 1. The Bertz CT molecular complexity index is 1120. The molecule has 0 saturated heterocycles. The van der Waals surface area contributed by atoms with E-state index in [0.717, 1.165) is 27.2 Å². The molecule has 0 aliphatic rings. The molecule has 4 rings (SSSR count). The summed E-state index contributed by atoms with van der Waals surface area (Å²) >= 11 is 7.64. The van der Waals surface area contributed by atoms with Gasteiger partial charge in [0.05, 0.1) is 27.0 Å². The average molecular weight is 382 g/mol. The Hall–Kier alpha value is -2.63. The van der Waals surface area contributed by atoms with Gasteiger partial charge in [-0.15, -0.1) is 11.3 Å². The van der Waals surface area contributed by atoms with Crippen LogP contribution in [0.2, 0.25) is 5.02 Å². The molecule has 2 aromatic carbocycles. The minimum Gasteiger partial charge on any atom is -0.320 e. The van der Waals surface area contributed by atoms with Gasteiger partial charge in [-0.25, -0.2) is 4.68 Å². The Kier molecular flexibility index (Phi) is 4.26. The Balaban J connectivity index is 1.70. The maximum absolute atomic E-state index is 12.7. The number of aryl methyl sites for hydroxylation is 2. The number of para-hydroxylation sites is 1. The van der Waals surface area contributed by atoms with Crippen molar-refractivity contribution >= 4 is 44.7 Å². The van der Waals surface area contributed by atoms with Crippen molar-refractivity contribution in [3.05, 3.63) is 75.8 Å². The molecule has 0 spiro atoms. The Morgan fingerprint density at radius 2 is 1.88 bits per heavy atom. The van der Waals surface area contributed by atoms with Crippen molar-refractivity contribution in [3.63, 3.8) is 0 Å². The first-order valence-electron chi connectivity index (χ1n) is 8.15. The third kappa shape index (κ3) is 3.00. The second-order valence-corrected chi connectivity index (χ2v) is 7.54. The van der Waals surface area contributed by atoms with E-state index in [-0.39, 0.29) is 5.91 Å². The second-order valence-electron chi connectivity index (χ2n) is 6.10. The first kappa shape index (κ1) is 16.8. The van der Waals surface area contributed by atoms with Crippen LogP contribution in [-0.2, 0) is 0 Å². The number of carbonyl (C=O) groups excluding carboxylic acids is 1. The SMILES string of the molecule is Cc1ccc(NC(=O)c2cc3c(C)nn(-c4ccccc4)c3s2)c(Cl)c1. The lowest BCUT2D eigenvalue weighted by Crippen LogP contribution is -2.10. The Morgan fingerprint density at radius 1 is 1.12 bits per heavy atom. The van der Waals surface area contributed by atoms with Crippen molar-refractivity contribution in [2.24, 2.45) is 0 Å². The van der Waals surface area contributed by atoms with Gasteiger partial charge in [0, 0.05) is 5.39 Å². The summed E-state index contributed by atoms with van der Waals surface area (Å²) in [7, 11) is 0. The van der Waals surface area contributed by atoms with Gasteiger partial charge in [0.1, 0.15) is 4.83 Å². The number of amides is 1. The molecule has 4 aromatic rings. The zero-order valence-electron chi connectivity index (χ0n) is 14.3. The highest BCUT2D eigenvalue weighted by Gasteiger charge is 2.17. The Morgan fingerprint density at radius 3 is 2.62 bits per heavy atom. The van der Waals surface area contributed by atoms with Gasteiger partial charge in [0.25, 0.3) is 5.91 Å². The topological polar surface area (TPSA) is 46.9 Å². The molecule has 0 radical (unpaired) electrons. The van der Waals surface area contributed by atoms with Gasteiger partial charge in [-0.2, -0.15) is 5.10 Å². The Labute approximate surface area is 160 Å². The van der Waals surface area contributed by atoms with Crippen molar-refractivity contribution in [2.45, 2.75) is 13.8 Å². The third-order valence-electron chi connectivity index (χ3n) is 4.14. The first-order valence-corrected chi connectivity index (χ1v) is 9.34. The molecule has 1 amide bonds. The van der Waals surface area contributed by atoms with E-state index in [1.165, 1.54) is 11.3 Å². The smallest absolute Gasteiger partial charge is 0.265 e. The number of aromatic nitrogens is 2. The summed E-state index contributed by atoms with van der Waals surface area (Å²) in [6, 6.07) is 17.4. The minimum absolute atomic E-state index is 0.170. The summed E-state index contributed by atoms with van der Waals surface area (Å²) in [6.45, 7) is 3.91. The van der Waals surface area contributed by atoms with E-state index in [0.29, 0.717) is 15.6 Å². The molecule has 0 atom stereocenters. The molecule has 0 unspecified atom stereocenters. The van der Waals surface area contributed by atoms with E-state index in [2.05, 4.69) is 10.4 Å². The van der Waals surface area contributed by atoms with Crippen LogP contribution >= 0.6 is 22.9 Å². The van der Waals surface area contributed by atoms with Crippen LogP contribution in [0, 0.1) is 13.8 Å². The fourth-order valence-electron chi connectivity index (χ4n) is 2.81. The minimum atomic E-state index is -0.170. The number of anilines is 1. The molecular formula is C20H16ClN3OS. The number of halogens is 1. The summed E-state index contributed by atoms with van der Waals surface area (Å²) in [5, 5.41) is 9.01. The number of fused-ring (bicyclic) bond motifs is 1. The van der Waals surface area contributed by atoms with Crippen LogP contribution in [0.15, 0.2) is 54.6 Å². The van der Waals surface area contributed by atoms with Crippen molar-refractivity contribution in [3.8, 4) is 5.69 Å². The van der Waals surface area contributed by atoms with Crippen LogP contribution in [0.1, 0.15) is 20.9 Å². The lowest BCUT2D eigenvalue weighted by Gasteiger charge is -2.06. The molecule has 0 saturated carbocycles. The van der Waals surface area contributed by atoms with Crippen molar-refractivity contribution in [1.29, 1.82) is 0 Å². The van der Waals surface area contributed by atoms with E-state index in [1.54, 1.807) is 0 Å². The lowest BCUT2D eigenvalue weighted by atomic mass is 10.2. The standard InChI is InChI=1S/C20H16ClN3OS/c1-12-8-9-17(16(21)10-12)22-19(25)18-11-15-13(2)23-24(20(15)26-18)14-6-4-3-5-7-14/h3-11H,1-2H3,(H,22,25). The highest BCUT2D eigenvalue weighted by atomic mass is 35.5. The number of thiophene rings is 1. The number of rotatable bonds is 3. The van der Waals surface area contributed by atoms with Gasteiger partial charge in [-0.05, 0) is 49.7 Å². The number of nitrogens with one attached hydrogen (secondary N) is 1. The maximum atomic E-state index is 12.7. The first-order chi connectivity index (χ1) is 12.5. The second kappa shape index (κ2) is 6.59. The van der Waals surface area contributed by atoms with Gasteiger partial charge in [0.2, 0.25) is 0 Å². The molecule has 4 nitrogen and oxygen atoms in total. The van der Waals surface area contributed by atoms with Crippen molar-refractivity contribution in [2.75, 3.05) is 5.32 Å². The molecule has 0 bridgehead atoms. The molecule has 26 heavy (non-hydrogen) atoms. The fourth-order valence-corrected chi connectivity index (χ4v) is 4.17. The number of hydrogen-bond acceptors (Lipinski definition) is 3. The van der Waals surface area contributed by atoms with Crippen LogP contribution in [0.4, 0.5) is 5.69 Å². The van der Waals surface area contributed by atoms with Gasteiger partial charge in [-0.3, -0.25) is 4.79 Å². The van der Waals surface area contributed by atoms with Gasteiger partial charge in [0.15, 0.2) is 0 Å². The number of benzene rings is 2. The van der Waals surface area contributed by atoms with E-state index in [1.807, 2.05) is 73.1 Å². The van der Waals surface area contributed by atoms with Crippen LogP contribution in [-0.4, -0.2) is 15.7 Å². The van der Waals surface area contributed by atoms with Gasteiger partial charge >= 0.3 is 0 Å².